The molecular weight excluding hydrogens is 362 g/mol. The third-order valence-corrected chi connectivity index (χ3v) is 4.64. The molecule has 134 valence electrons. The average molecular weight is 377 g/mol. The summed E-state index contributed by atoms with van der Waals surface area (Å²) < 4.78 is 5.13. The molecule has 0 N–H and O–H groups in total. The fourth-order valence-electron chi connectivity index (χ4n) is 2.51. The first-order valence-corrected chi connectivity index (χ1v) is 8.91. The number of anilines is 2. The molecule has 3 rings (SSSR count). The summed E-state index contributed by atoms with van der Waals surface area (Å²) in [7, 11) is 0. The zero-order valence-corrected chi connectivity index (χ0v) is 15.5. The Morgan fingerprint density at radius 3 is 2.59 bits per heavy atom. The van der Waals surface area contributed by atoms with Crippen molar-refractivity contribution in [3.8, 4) is 6.07 Å². The van der Waals surface area contributed by atoms with E-state index in [0.29, 0.717) is 27.8 Å². The van der Waals surface area contributed by atoms with Gasteiger partial charge in [0.05, 0.1) is 23.2 Å². The number of aromatic nitrogens is 1. The second-order valence-corrected chi connectivity index (χ2v) is 6.47. The number of nitriles is 1. The van der Waals surface area contributed by atoms with Crippen molar-refractivity contribution in [1.29, 1.82) is 5.26 Å². The van der Waals surface area contributed by atoms with Crippen molar-refractivity contribution in [3.63, 3.8) is 0 Å². The summed E-state index contributed by atoms with van der Waals surface area (Å²) in [6.45, 7) is 3.11. The molecule has 27 heavy (non-hydrogen) atoms. The van der Waals surface area contributed by atoms with Gasteiger partial charge in [-0.15, -0.1) is 11.3 Å². The Hall–Kier alpha value is -3.50. The second kappa shape index (κ2) is 7.81. The van der Waals surface area contributed by atoms with E-state index in [1.165, 1.54) is 41.6 Å². The SMILES string of the molecule is CC(=O)N(c1ccccc1)c1nc(/C=C(\C#N)C(=O)c2ccoc2C)cs1. The van der Waals surface area contributed by atoms with Crippen molar-refractivity contribution < 1.29 is 14.0 Å². The first kappa shape index (κ1) is 18.3. The maximum atomic E-state index is 12.5. The van der Waals surface area contributed by atoms with Gasteiger partial charge in [-0.1, -0.05) is 18.2 Å². The molecule has 0 aliphatic rings. The van der Waals surface area contributed by atoms with Crippen LogP contribution < -0.4 is 4.90 Å². The van der Waals surface area contributed by atoms with Crippen LogP contribution in [0.5, 0.6) is 0 Å². The van der Waals surface area contributed by atoms with Crippen molar-refractivity contribution in [2.24, 2.45) is 0 Å². The van der Waals surface area contributed by atoms with Gasteiger partial charge < -0.3 is 4.42 Å². The van der Waals surface area contributed by atoms with Gasteiger partial charge in [0.25, 0.3) is 0 Å². The van der Waals surface area contributed by atoms with Gasteiger partial charge in [-0.05, 0) is 31.2 Å². The van der Waals surface area contributed by atoms with Gasteiger partial charge in [-0.2, -0.15) is 5.26 Å². The minimum Gasteiger partial charge on any atom is -0.469 e. The van der Waals surface area contributed by atoms with Crippen LogP contribution in [0.4, 0.5) is 10.8 Å². The Kier molecular flexibility index (Phi) is 5.29. The van der Waals surface area contributed by atoms with Gasteiger partial charge in [0.2, 0.25) is 11.7 Å². The summed E-state index contributed by atoms with van der Waals surface area (Å²) in [6, 6.07) is 12.6. The number of hydrogen-bond donors (Lipinski definition) is 0. The molecule has 6 nitrogen and oxygen atoms in total. The smallest absolute Gasteiger partial charge is 0.230 e. The molecule has 0 spiro atoms. The molecular formula is C20H15N3O3S. The highest BCUT2D eigenvalue weighted by Crippen LogP contribution is 2.29. The Labute approximate surface area is 160 Å². The number of thiazole rings is 1. The molecule has 2 aromatic heterocycles. The number of benzene rings is 1. The van der Waals surface area contributed by atoms with Crippen molar-refractivity contribution >= 4 is 39.9 Å². The number of rotatable bonds is 5. The highest BCUT2D eigenvalue weighted by atomic mass is 32.1. The lowest BCUT2D eigenvalue weighted by atomic mass is 10.0. The van der Waals surface area contributed by atoms with E-state index in [4.69, 9.17) is 4.42 Å². The standard InChI is InChI=1S/C20H15N3O3S/c1-13-18(8-9-26-13)19(25)15(11-21)10-16-12-27-20(22-16)23(14(2)24)17-6-4-3-5-7-17/h3-10,12H,1-2H3/b15-10+. The van der Waals surface area contributed by atoms with Crippen molar-refractivity contribution in [2.45, 2.75) is 13.8 Å². The molecule has 0 saturated heterocycles. The number of allylic oxidation sites excluding steroid dienone is 1. The third kappa shape index (κ3) is 3.86. The van der Waals surface area contributed by atoms with E-state index in [-0.39, 0.29) is 11.5 Å². The van der Waals surface area contributed by atoms with Crippen LogP contribution in [-0.4, -0.2) is 16.7 Å². The highest BCUT2D eigenvalue weighted by molar-refractivity contribution is 7.14. The molecule has 0 unspecified atom stereocenters. The summed E-state index contributed by atoms with van der Waals surface area (Å²) >= 11 is 1.26. The Bertz CT molecular complexity index is 1060. The second-order valence-electron chi connectivity index (χ2n) is 5.63. The number of aryl methyl sites for hydroxylation is 1. The van der Waals surface area contributed by atoms with Crippen molar-refractivity contribution in [3.05, 3.63) is 70.6 Å². The number of para-hydroxylation sites is 1. The van der Waals surface area contributed by atoms with Gasteiger partial charge in [-0.25, -0.2) is 4.98 Å². The molecule has 1 amide bonds. The van der Waals surface area contributed by atoms with Crippen LogP contribution in [0, 0.1) is 18.3 Å². The van der Waals surface area contributed by atoms with Gasteiger partial charge in [0.15, 0.2) is 5.13 Å². The lowest BCUT2D eigenvalue weighted by Crippen LogP contribution is -2.22. The predicted molar refractivity (Wildman–Crippen MR) is 103 cm³/mol. The van der Waals surface area contributed by atoms with E-state index in [1.54, 1.807) is 12.3 Å². The van der Waals surface area contributed by atoms with Crippen molar-refractivity contribution in [2.75, 3.05) is 4.90 Å². The highest BCUT2D eigenvalue weighted by Gasteiger charge is 2.19. The van der Waals surface area contributed by atoms with E-state index >= 15 is 0 Å². The van der Waals surface area contributed by atoms with E-state index in [0.717, 1.165) is 0 Å². The summed E-state index contributed by atoms with van der Waals surface area (Å²) in [5, 5.41) is 11.5. The zero-order chi connectivity index (χ0) is 19.4. The summed E-state index contributed by atoms with van der Waals surface area (Å²) in [6.07, 6.45) is 2.82. The zero-order valence-electron chi connectivity index (χ0n) is 14.7. The molecule has 2 heterocycles. The Balaban J connectivity index is 1.93. The average Bonchev–Trinajstić information content (AvgIpc) is 3.29. The fraction of sp³-hybridized carbons (Fsp3) is 0.100. The number of amides is 1. The van der Waals surface area contributed by atoms with Crippen LogP contribution in [0.2, 0.25) is 0 Å². The van der Waals surface area contributed by atoms with E-state index in [9.17, 15) is 14.9 Å². The minimum absolute atomic E-state index is 0.0505. The number of ketones is 1. The lowest BCUT2D eigenvalue weighted by molar-refractivity contribution is -0.115. The molecule has 0 aliphatic heterocycles. The summed E-state index contributed by atoms with van der Waals surface area (Å²) in [5.41, 5.74) is 1.42. The maximum Gasteiger partial charge on any atom is 0.230 e. The molecule has 0 radical (unpaired) electrons. The summed E-state index contributed by atoms with van der Waals surface area (Å²) in [4.78, 5) is 30.5. The maximum absolute atomic E-state index is 12.5. The number of carbonyl (C=O) groups excluding carboxylic acids is 2. The van der Waals surface area contributed by atoms with Gasteiger partial charge in [0, 0.05) is 12.3 Å². The minimum atomic E-state index is -0.426. The van der Waals surface area contributed by atoms with Crippen LogP contribution in [0.25, 0.3) is 6.08 Å². The first-order chi connectivity index (χ1) is 13.0. The van der Waals surface area contributed by atoms with Crippen LogP contribution in [0.15, 0.2) is 58.0 Å². The number of carbonyl (C=O) groups is 2. The molecule has 0 aliphatic carbocycles. The van der Waals surface area contributed by atoms with E-state index in [2.05, 4.69) is 4.98 Å². The van der Waals surface area contributed by atoms with E-state index in [1.807, 2.05) is 36.4 Å². The molecule has 7 heteroatoms. The molecule has 0 bridgehead atoms. The third-order valence-electron chi connectivity index (χ3n) is 3.79. The van der Waals surface area contributed by atoms with E-state index < -0.39 is 5.78 Å². The topological polar surface area (TPSA) is 87.2 Å². The molecule has 3 aromatic rings. The van der Waals surface area contributed by atoms with Crippen LogP contribution in [0.3, 0.4) is 0 Å². The monoisotopic (exact) mass is 377 g/mol. The lowest BCUT2D eigenvalue weighted by Gasteiger charge is -2.17. The van der Waals surface area contributed by atoms with Gasteiger partial charge in [-0.3, -0.25) is 14.5 Å². The number of furan rings is 1. The predicted octanol–water partition coefficient (Wildman–Crippen LogP) is 4.52. The largest absolute Gasteiger partial charge is 0.469 e. The fourth-order valence-corrected chi connectivity index (χ4v) is 3.36. The quantitative estimate of drug-likeness (QED) is 0.371. The Morgan fingerprint density at radius 2 is 2.00 bits per heavy atom. The van der Waals surface area contributed by atoms with Crippen molar-refractivity contribution in [1.82, 2.24) is 4.98 Å². The Morgan fingerprint density at radius 1 is 1.26 bits per heavy atom. The molecule has 0 fully saturated rings. The van der Waals surface area contributed by atoms with Crippen LogP contribution >= 0.6 is 11.3 Å². The molecule has 0 atom stereocenters. The van der Waals surface area contributed by atoms with Gasteiger partial charge >= 0.3 is 0 Å². The van der Waals surface area contributed by atoms with Crippen LogP contribution in [0.1, 0.15) is 28.7 Å². The number of Topliss-reactive ketones (excluding diaryl/α,β-unsaturated/α-hetero) is 1. The number of hydrogen-bond acceptors (Lipinski definition) is 6. The van der Waals surface area contributed by atoms with Gasteiger partial charge in [0.1, 0.15) is 17.4 Å². The normalized spacial score (nSPS) is 11.1. The van der Waals surface area contributed by atoms with Crippen LogP contribution in [-0.2, 0) is 4.79 Å². The first-order valence-electron chi connectivity index (χ1n) is 8.03. The molecule has 0 saturated carbocycles. The molecule has 1 aromatic carbocycles. The number of nitrogens with zero attached hydrogens (tertiary/aromatic N) is 3. The summed E-state index contributed by atoms with van der Waals surface area (Å²) in [5.74, 6) is -0.159.